The van der Waals surface area contributed by atoms with Crippen LogP contribution < -0.4 is 14.8 Å². The van der Waals surface area contributed by atoms with E-state index in [2.05, 4.69) is 15.5 Å². The molecule has 0 aliphatic heterocycles. The van der Waals surface area contributed by atoms with Crippen LogP contribution in [0.2, 0.25) is 0 Å². The summed E-state index contributed by atoms with van der Waals surface area (Å²) in [5, 5.41) is 11.7. The molecule has 0 spiro atoms. The molecule has 0 aliphatic rings. The van der Waals surface area contributed by atoms with Crippen molar-refractivity contribution in [2.75, 3.05) is 24.3 Å². The number of nitrogens with zero attached hydrogens (tertiary/aromatic N) is 3. The van der Waals surface area contributed by atoms with E-state index in [1.54, 1.807) is 18.2 Å². The smallest absolute Gasteiger partial charge is 0.234 e. The molecular formula is C18H20N4O3S. The van der Waals surface area contributed by atoms with Crippen LogP contribution in [0.25, 0.3) is 5.65 Å². The zero-order valence-electron chi connectivity index (χ0n) is 14.6. The summed E-state index contributed by atoms with van der Waals surface area (Å²) < 4.78 is 13.0. The minimum absolute atomic E-state index is 0.130. The number of fused-ring (bicyclic) bond motifs is 1. The van der Waals surface area contributed by atoms with Crippen molar-refractivity contribution in [2.24, 2.45) is 0 Å². The zero-order chi connectivity index (χ0) is 18.4. The number of hydrogen-bond acceptors (Lipinski definition) is 6. The lowest BCUT2D eigenvalue weighted by Crippen LogP contribution is -2.14. The Hall–Kier alpha value is -2.74. The molecule has 0 radical (unpaired) electrons. The Morgan fingerprint density at radius 1 is 1.12 bits per heavy atom. The Morgan fingerprint density at radius 2 is 1.92 bits per heavy atom. The van der Waals surface area contributed by atoms with Crippen molar-refractivity contribution in [3.05, 3.63) is 42.6 Å². The van der Waals surface area contributed by atoms with Gasteiger partial charge in [-0.25, -0.2) is 0 Å². The second kappa shape index (κ2) is 8.57. The molecule has 1 aromatic carbocycles. The lowest BCUT2D eigenvalue weighted by Gasteiger charge is -2.13. The highest BCUT2D eigenvalue weighted by Gasteiger charge is 2.11. The van der Waals surface area contributed by atoms with Crippen LogP contribution in [0.5, 0.6) is 11.5 Å². The lowest BCUT2D eigenvalue weighted by molar-refractivity contribution is -0.113. The van der Waals surface area contributed by atoms with Gasteiger partial charge in [-0.05, 0) is 38.1 Å². The largest absolute Gasteiger partial charge is 0.490 e. The molecule has 2 heterocycles. The van der Waals surface area contributed by atoms with Crippen LogP contribution in [0, 0.1) is 0 Å². The van der Waals surface area contributed by atoms with Gasteiger partial charge in [0.15, 0.2) is 22.3 Å². The quantitative estimate of drug-likeness (QED) is 0.612. The number of hydrogen-bond donors (Lipinski definition) is 1. The number of carbonyl (C=O) groups is 1. The number of benzene rings is 1. The van der Waals surface area contributed by atoms with Crippen LogP contribution in [0.1, 0.15) is 13.8 Å². The first kappa shape index (κ1) is 18.1. The summed E-state index contributed by atoms with van der Waals surface area (Å²) >= 11 is 1.33. The first-order valence-electron chi connectivity index (χ1n) is 8.33. The molecular weight excluding hydrogens is 352 g/mol. The summed E-state index contributed by atoms with van der Waals surface area (Å²) in [4.78, 5) is 12.3. The van der Waals surface area contributed by atoms with Crippen molar-refractivity contribution in [3.8, 4) is 11.5 Å². The lowest BCUT2D eigenvalue weighted by atomic mass is 10.2. The number of thioether (sulfide) groups is 1. The molecule has 7 nitrogen and oxygen atoms in total. The van der Waals surface area contributed by atoms with Crippen molar-refractivity contribution in [2.45, 2.75) is 19.0 Å². The first-order chi connectivity index (χ1) is 12.7. The fraction of sp³-hybridized carbons (Fsp3) is 0.278. The van der Waals surface area contributed by atoms with E-state index in [1.807, 2.05) is 42.6 Å². The number of rotatable bonds is 8. The minimum atomic E-state index is -0.130. The van der Waals surface area contributed by atoms with Gasteiger partial charge < -0.3 is 14.8 Å². The topological polar surface area (TPSA) is 77.8 Å². The molecule has 0 atom stereocenters. The highest BCUT2D eigenvalue weighted by atomic mass is 32.2. The number of nitrogens with one attached hydrogen (secondary N) is 1. The summed E-state index contributed by atoms with van der Waals surface area (Å²) in [6.45, 7) is 4.89. The second-order valence-electron chi connectivity index (χ2n) is 5.28. The highest BCUT2D eigenvalue weighted by molar-refractivity contribution is 7.99. The Bertz CT molecular complexity index is 897. The third-order valence-corrected chi connectivity index (χ3v) is 4.39. The van der Waals surface area contributed by atoms with Gasteiger partial charge in [0, 0.05) is 18.0 Å². The number of ether oxygens (including phenoxy) is 2. The fourth-order valence-electron chi connectivity index (χ4n) is 2.37. The van der Waals surface area contributed by atoms with E-state index in [9.17, 15) is 4.79 Å². The number of anilines is 1. The van der Waals surface area contributed by atoms with E-state index in [0.29, 0.717) is 35.6 Å². The molecule has 3 aromatic rings. The summed E-state index contributed by atoms with van der Waals surface area (Å²) in [6.07, 6.45) is 1.87. The van der Waals surface area contributed by atoms with Crippen LogP contribution in [-0.2, 0) is 4.79 Å². The van der Waals surface area contributed by atoms with E-state index in [0.717, 1.165) is 5.65 Å². The first-order valence-corrected chi connectivity index (χ1v) is 9.32. The minimum Gasteiger partial charge on any atom is -0.490 e. The van der Waals surface area contributed by atoms with Gasteiger partial charge in [-0.1, -0.05) is 17.8 Å². The Kier molecular flexibility index (Phi) is 5.96. The van der Waals surface area contributed by atoms with Gasteiger partial charge in [0.25, 0.3) is 0 Å². The van der Waals surface area contributed by atoms with Gasteiger partial charge in [0.05, 0.1) is 19.0 Å². The van der Waals surface area contributed by atoms with Crippen molar-refractivity contribution in [1.29, 1.82) is 0 Å². The van der Waals surface area contributed by atoms with Crippen molar-refractivity contribution >= 4 is 29.0 Å². The maximum atomic E-state index is 12.3. The molecule has 2 aromatic heterocycles. The number of amides is 1. The van der Waals surface area contributed by atoms with Crippen molar-refractivity contribution in [1.82, 2.24) is 14.6 Å². The standard InChI is InChI=1S/C18H20N4O3S/c1-3-24-14-9-8-13(11-15(14)25-4-2)19-17(23)12-26-18-21-20-16-7-5-6-10-22(16)18/h5-11H,3-4,12H2,1-2H3,(H,19,23). The molecule has 1 N–H and O–H groups in total. The molecule has 3 rings (SSSR count). The van der Waals surface area contributed by atoms with Crippen LogP contribution in [0.4, 0.5) is 5.69 Å². The van der Waals surface area contributed by atoms with E-state index in [1.165, 1.54) is 11.8 Å². The summed E-state index contributed by atoms with van der Waals surface area (Å²) in [5.41, 5.74) is 1.41. The number of pyridine rings is 1. The Balaban J connectivity index is 1.63. The molecule has 0 bridgehead atoms. The third-order valence-electron chi connectivity index (χ3n) is 3.44. The molecule has 0 fully saturated rings. The summed E-state index contributed by atoms with van der Waals surface area (Å²) in [7, 11) is 0. The summed E-state index contributed by atoms with van der Waals surface area (Å²) in [6, 6.07) is 11.0. The molecule has 1 amide bonds. The highest BCUT2D eigenvalue weighted by Crippen LogP contribution is 2.30. The van der Waals surface area contributed by atoms with Crippen molar-refractivity contribution in [3.63, 3.8) is 0 Å². The van der Waals surface area contributed by atoms with Crippen LogP contribution >= 0.6 is 11.8 Å². The molecule has 0 saturated carbocycles. The summed E-state index contributed by atoms with van der Waals surface area (Å²) in [5.74, 6) is 1.38. The second-order valence-corrected chi connectivity index (χ2v) is 6.22. The van der Waals surface area contributed by atoms with E-state index >= 15 is 0 Å². The maximum absolute atomic E-state index is 12.3. The van der Waals surface area contributed by atoms with Gasteiger partial charge in [0.1, 0.15) is 0 Å². The molecule has 0 saturated heterocycles. The SMILES string of the molecule is CCOc1ccc(NC(=O)CSc2nnc3ccccn23)cc1OCC. The van der Waals surface area contributed by atoms with E-state index in [4.69, 9.17) is 9.47 Å². The molecule has 0 aliphatic carbocycles. The van der Waals surface area contributed by atoms with Crippen molar-refractivity contribution < 1.29 is 14.3 Å². The van der Waals surface area contributed by atoms with E-state index in [-0.39, 0.29) is 11.7 Å². The van der Waals surface area contributed by atoms with Crippen LogP contribution in [0.3, 0.4) is 0 Å². The molecule has 0 unspecified atom stereocenters. The average molecular weight is 372 g/mol. The Labute approximate surface area is 155 Å². The zero-order valence-corrected chi connectivity index (χ0v) is 15.5. The Morgan fingerprint density at radius 3 is 2.73 bits per heavy atom. The predicted octanol–water partition coefficient (Wildman–Crippen LogP) is 3.26. The van der Waals surface area contributed by atoms with Gasteiger partial charge in [-0.2, -0.15) is 0 Å². The molecule has 8 heteroatoms. The third kappa shape index (κ3) is 4.26. The predicted molar refractivity (Wildman–Crippen MR) is 101 cm³/mol. The maximum Gasteiger partial charge on any atom is 0.234 e. The number of aromatic nitrogens is 3. The van der Waals surface area contributed by atoms with Gasteiger partial charge in [0.2, 0.25) is 5.91 Å². The van der Waals surface area contributed by atoms with Gasteiger partial charge >= 0.3 is 0 Å². The van der Waals surface area contributed by atoms with Crippen LogP contribution in [-0.4, -0.2) is 39.5 Å². The van der Waals surface area contributed by atoms with E-state index < -0.39 is 0 Å². The van der Waals surface area contributed by atoms with Gasteiger partial charge in [-0.3, -0.25) is 9.20 Å². The fourth-order valence-corrected chi connectivity index (χ4v) is 3.10. The van der Waals surface area contributed by atoms with Crippen LogP contribution in [0.15, 0.2) is 47.8 Å². The number of carbonyl (C=O) groups excluding carboxylic acids is 1. The normalized spacial score (nSPS) is 10.7. The molecule has 136 valence electrons. The monoisotopic (exact) mass is 372 g/mol. The molecule has 26 heavy (non-hydrogen) atoms. The average Bonchev–Trinajstić information content (AvgIpc) is 3.06. The van der Waals surface area contributed by atoms with Gasteiger partial charge in [-0.15, -0.1) is 10.2 Å².